The first-order valence-corrected chi connectivity index (χ1v) is 8.84. The van der Waals surface area contributed by atoms with Gasteiger partial charge >= 0.3 is 0 Å². The van der Waals surface area contributed by atoms with Gasteiger partial charge in [0.1, 0.15) is 11.1 Å². The van der Waals surface area contributed by atoms with Crippen LogP contribution in [-0.2, 0) is 16.1 Å². The van der Waals surface area contributed by atoms with Crippen molar-refractivity contribution in [3.05, 3.63) is 110 Å². The van der Waals surface area contributed by atoms with Gasteiger partial charge in [0, 0.05) is 0 Å². The minimum Gasteiger partial charge on any atom is -0.269 e. The van der Waals surface area contributed by atoms with E-state index < -0.39 is 11.8 Å². The Kier molecular flexibility index (Phi) is 5.63. The average Bonchev–Trinajstić information content (AvgIpc) is 3.45. The number of nitrogens with zero attached hydrogens (tertiary/aromatic N) is 1. The number of hydrogen-bond acceptors (Lipinski definition) is 2. The third-order valence-corrected chi connectivity index (χ3v) is 4.34. The van der Waals surface area contributed by atoms with Gasteiger partial charge in [-0.3, -0.25) is 14.5 Å². The van der Waals surface area contributed by atoms with Crippen molar-refractivity contribution in [1.82, 2.24) is 4.90 Å². The summed E-state index contributed by atoms with van der Waals surface area (Å²) in [5, 5.41) is 0. The molecule has 3 heteroatoms. The van der Waals surface area contributed by atoms with Crippen LogP contribution in [0.4, 0.5) is 0 Å². The van der Waals surface area contributed by atoms with Gasteiger partial charge in [0.15, 0.2) is 0 Å². The molecule has 28 heavy (non-hydrogen) atoms. The molecule has 0 bridgehead atoms. The second-order valence-corrected chi connectivity index (χ2v) is 6.28. The van der Waals surface area contributed by atoms with Crippen LogP contribution >= 0.6 is 0 Å². The molecule has 1 aliphatic heterocycles. The van der Waals surface area contributed by atoms with E-state index in [-0.39, 0.29) is 17.7 Å². The molecule has 1 aromatic rings. The first kappa shape index (κ1) is 18.6. The Labute approximate surface area is 167 Å². The van der Waals surface area contributed by atoms with Gasteiger partial charge in [-0.1, -0.05) is 54.0 Å². The van der Waals surface area contributed by atoms with Crippen LogP contribution in [0.1, 0.15) is 5.56 Å². The van der Waals surface area contributed by atoms with Crippen molar-refractivity contribution in [2.75, 3.05) is 0 Å². The fourth-order valence-corrected chi connectivity index (χ4v) is 2.90. The molecule has 2 amide bonds. The van der Waals surface area contributed by atoms with Crippen LogP contribution < -0.4 is 0 Å². The molecular formula is C25H15NO2. The molecule has 10 radical (unpaired) electrons. The maximum absolute atomic E-state index is 12.9. The molecule has 132 valence electrons. The first-order chi connectivity index (χ1) is 13.7. The summed E-state index contributed by atoms with van der Waals surface area (Å²) in [6.45, 7) is 0.196. The molecule has 2 aliphatic carbocycles. The average molecular weight is 361 g/mol. The van der Waals surface area contributed by atoms with Crippen LogP contribution in [0.3, 0.4) is 0 Å². The number of hydrogen-bond donors (Lipinski definition) is 0. The molecular weight excluding hydrogens is 346 g/mol. The number of rotatable bonds is 2. The van der Waals surface area contributed by atoms with Gasteiger partial charge in [0.25, 0.3) is 11.8 Å². The van der Waals surface area contributed by atoms with Gasteiger partial charge in [0.05, 0.1) is 18.4 Å². The van der Waals surface area contributed by atoms with E-state index in [9.17, 15) is 9.59 Å². The second kappa shape index (κ2) is 8.49. The van der Waals surface area contributed by atoms with Crippen molar-refractivity contribution < 1.29 is 9.59 Å². The zero-order chi connectivity index (χ0) is 19.3. The highest BCUT2D eigenvalue weighted by molar-refractivity contribution is 6.23. The van der Waals surface area contributed by atoms with E-state index in [2.05, 4.69) is 23.7 Å². The number of carbonyl (C=O) groups excluding carboxylic acids is 2. The summed E-state index contributed by atoms with van der Waals surface area (Å²) >= 11 is 0. The predicted molar refractivity (Wildman–Crippen MR) is 105 cm³/mol. The Morgan fingerprint density at radius 1 is 0.643 bits per heavy atom. The topological polar surface area (TPSA) is 37.4 Å². The lowest BCUT2D eigenvalue weighted by Crippen LogP contribution is -2.31. The fraction of sp³-hybridized carbons (Fsp3) is 0.0400. The summed E-state index contributed by atoms with van der Waals surface area (Å²) in [7, 11) is 0. The Morgan fingerprint density at radius 2 is 1.11 bits per heavy atom. The number of benzene rings is 1. The summed E-state index contributed by atoms with van der Waals surface area (Å²) < 4.78 is 0. The van der Waals surface area contributed by atoms with Crippen LogP contribution in [0.5, 0.6) is 0 Å². The fourth-order valence-electron chi connectivity index (χ4n) is 2.90. The maximum atomic E-state index is 12.9. The smallest absolute Gasteiger partial charge is 0.269 e. The van der Waals surface area contributed by atoms with Crippen molar-refractivity contribution >= 4 is 11.8 Å². The van der Waals surface area contributed by atoms with Crippen LogP contribution in [-0.4, -0.2) is 16.7 Å². The van der Waals surface area contributed by atoms with Gasteiger partial charge in [-0.25, -0.2) is 0 Å². The van der Waals surface area contributed by atoms with Gasteiger partial charge in [-0.05, 0) is 56.9 Å². The molecule has 0 spiro atoms. The quantitative estimate of drug-likeness (QED) is 0.600. The van der Waals surface area contributed by atoms with Gasteiger partial charge in [-0.2, -0.15) is 0 Å². The maximum Gasteiger partial charge on any atom is 0.271 e. The Morgan fingerprint density at radius 3 is 1.57 bits per heavy atom. The Balaban J connectivity index is 1.62. The van der Waals surface area contributed by atoms with Crippen LogP contribution in [0, 0.1) is 86.9 Å². The summed E-state index contributed by atoms with van der Waals surface area (Å²) in [5.41, 5.74) is 1.18. The lowest BCUT2D eigenvalue weighted by Gasteiger charge is -2.14. The Bertz CT molecular complexity index is 852. The van der Waals surface area contributed by atoms with E-state index in [0.29, 0.717) is 0 Å². The largest absolute Gasteiger partial charge is 0.271 e. The molecule has 1 heterocycles. The number of amides is 2. The molecule has 0 saturated heterocycles. The van der Waals surface area contributed by atoms with E-state index in [0.717, 1.165) is 17.4 Å². The summed E-state index contributed by atoms with van der Waals surface area (Å²) in [6, 6.07) is 9.40. The molecule has 0 N–H and O–H groups in total. The van der Waals surface area contributed by atoms with Crippen LogP contribution in [0.2, 0.25) is 0 Å². The van der Waals surface area contributed by atoms with E-state index in [1.165, 1.54) is 4.90 Å². The zero-order valence-electron chi connectivity index (χ0n) is 15.0. The van der Waals surface area contributed by atoms with Gasteiger partial charge < -0.3 is 0 Å². The molecule has 2 saturated carbocycles. The zero-order valence-corrected chi connectivity index (χ0v) is 15.0. The third-order valence-electron chi connectivity index (χ3n) is 4.34. The molecule has 0 atom stereocenters. The summed E-state index contributed by atoms with van der Waals surface area (Å²) in [6.07, 6.45) is 14.9. The predicted octanol–water partition coefficient (Wildman–Crippen LogP) is 2.67. The molecule has 1 aromatic carbocycles. The molecule has 0 aromatic heterocycles. The van der Waals surface area contributed by atoms with E-state index in [1.54, 1.807) is 0 Å². The van der Waals surface area contributed by atoms with Crippen molar-refractivity contribution in [3.8, 4) is 23.7 Å². The van der Waals surface area contributed by atoms with Crippen molar-refractivity contribution in [1.29, 1.82) is 0 Å². The number of imide groups is 1. The van der Waals surface area contributed by atoms with Gasteiger partial charge in [0.2, 0.25) is 0 Å². The standard InChI is InChI=1S/C25H15NO2/c27-24-22(16-14-19-8-4-5-9-19)23(17-15-20-10-6-7-11-20)25(28)26(24)18-21-12-2-1-3-13-21/h1-13H,18H2. The van der Waals surface area contributed by atoms with Crippen LogP contribution in [0.15, 0.2) is 41.5 Å². The van der Waals surface area contributed by atoms with Crippen molar-refractivity contribution in [2.45, 2.75) is 6.54 Å². The summed E-state index contributed by atoms with van der Waals surface area (Å²) in [5.74, 6) is 12.4. The van der Waals surface area contributed by atoms with Gasteiger partial charge in [-0.15, -0.1) is 0 Å². The monoisotopic (exact) mass is 361 g/mol. The summed E-state index contributed by atoms with van der Waals surface area (Å²) in [4.78, 5) is 27.1. The highest BCUT2D eigenvalue weighted by Gasteiger charge is 2.37. The normalized spacial score (nSPS) is 20.4. The lowest BCUT2D eigenvalue weighted by molar-refractivity contribution is -0.137. The lowest BCUT2D eigenvalue weighted by atomic mass is 10.1. The van der Waals surface area contributed by atoms with E-state index in [1.807, 2.05) is 81.7 Å². The highest BCUT2D eigenvalue weighted by Crippen LogP contribution is 2.26. The molecule has 3 aliphatic rings. The van der Waals surface area contributed by atoms with Crippen LogP contribution in [0.25, 0.3) is 0 Å². The second-order valence-electron chi connectivity index (χ2n) is 6.28. The SMILES string of the molecule is O=C1C(C#C[C]2[CH][CH][CH][CH]2)=C(C#C[C]2[CH][CH][CH][CH]2)C(=O)N1Cc1ccccc1. The van der Waals surface area contributed by atoms with E-state index in [4.69, 9.17) is 0 Å². The third kappa shape index (κ3) is 4.05. The minimum atomic E-state index is -0.403. The molecule has 2 fully saturated rings. The van der Waals surface area contributed by atoms with Crippen molar-refractivity contribution in [3.63, 3.8) is 0 Å². The number of carbonyl (C=O) groups is 2. The molecule has 0 unspecified atom stereocenters. The Hall–Kier alpha value is -2.78. The van der Waals surface area contributed by atoms with E-state index >= 15 is 0 Å². The molecule has 4 rings (SSSR count). The minimum absolute atomic E-state index is 0.154. The van der Waals surface area contributed by atoms with Crippen molar-refractivity contribution in [2.24, 2.45) is 0 Å². The molecule has 3 nitrogen and oxygen atoms in total. The first-order valence-electron chi connectivity index (χ1n) is 8.84. The highest BCUT2D eigenvalue weighted by atomic mass is 16.2.